The van der Waals surface area contributed by atoms with Gasteiger partial charge >= 0.3 is 0 Å². The molecular weight excluding hydrogens is 260 g/mol. The lowest BCUT2D eigenvalue weighted by Gasteiger charge is -2.17. The zero-order chi connectivity index (χ0) is 14.1. The van der Waals surface area contributed by atoms with Crippen molar-refractivity contribution >= 4 is 16.6 Å². The molecule has 0 amide bonds. The zero-order valence-electron chi connectivity index (χ0n) is 10.8. The maximum atomic E-state index is 13.7. The lowest BCUT2D eigenvalue weighted by Crippen LogP contribution is -2.10. The maximum Gasteiger partial charge on any atom is 0.131 e. The van der Waals surface area contributed by atoms with Crippen LogP contribution < -0.4 is 5.32 Å². The van der Waals surface area contributed by atoms with Gasteiger partial charge in [0.2, 0.25) is 0 Å². The third kappa shape index (κ3) is 2.22. The standard InChI is InChI=1S/C15H13F2N3/c1-9(15-12(16)3-2-4-13(15)17)19-11-6-5-10-8-18-20-14(10)7-11/h2-9,19H,1H3,(H,18,20). The van der Waals surface area contributed by atoms with E-state index in [0.29, 0.717) is 0 Å². The van der Waals surface area contributed by atoms with Crippen molar-refractivity contribution in [2.24, 2.45) is 0 Å². The minimum absolute atomic E-state index is 0.0391. The van der Waals surface area contributed by atoms with Crippen molar-refractivity contribution in [3.63, 3.8) is 0 Å². The van der Waals surface area contributed by atoms with E-state index in [1.54, 1.807) is 13.1 Å². The quantitative estimate of drug-likeness (QED) is 0.756. The fraction of sp³-hybridized carbons (Fsp3) is 0.133. The molecule has 2 aromatic carbocycles. The molecule has 0 spiro atoms. The van der Waals surface area contributed by atoms with Crippen molar-refractivity contribution in [1.29, 1.82) is 0 Å². The van der Waals surface area contributed by atoms with E-state index in [9.17, 15) is 8.78 Å². The molecule has 2 N–H and O–H groups in total. The number of aromatic nitrogens is 2. The van der Waals surface area contributed by atoms with Crippen LogP contribution in [-0.4, -0.2) is 10.2 Å². The summed E-state index contributed by atoms with van der Waals surface area (Å²) in [6.45, 7) is 1.72. The summed E-state index contributed by atoms with van der Waals surface area (Å²) < 4.78 is 27.4. The SMILES string of the molecule is CC(Nc1ccc2cn[nH]c2c1)c1c(F)cccc1F. The number of anilines is 1. The fourth-order valence-electron chi connectivity index (χ4n) is 2.27. The van der Waals surface area contributed by atoms with E-state index in [0.717, 1.165) is 16.6 Å². The summed E-state index contributed by atoms with van der Waals surface area (Å²) in [5, 5.41) is 10.9. The first kappa shape index (κ1) is 12.6. The molecule has 0 bridgehead atoms. The van der Waals surface area contributed by atoms with Gasteiger partial charge < -0.3 is 5.32 Å². The van der Waals surface area contributed by atoms with Crippen LogP contribution in [0.25, 0.3) is 10.9 Å². The number of nitrogens with zero attached hydrogens (tertiary/aromatic N) is 1. The Kier molecular flexibility index (Phi) is 3.10. The highest BCUT2D eigenvalue weighted by molar-refractivity contribution is 5.81. The molecule has 0 aliphatic rings. The van der Waals surface area contributed by atoms with Gasteiger partial charge in [-0.25, -0.2) is 8.78 Å². The lowest BCUT2D eigenvalue weighted by atomic mass is 10.1. The highest BCUT2D eigenvalue weighted by atomic mass is 19.1. The third-order valence-electron chi connectivity index (χ3n) is 3.26. The Bertz CT molecular complexity index is 731. The lowest BCUT2D eigenvalue weighted by molar-refractivity contribution is 0.544. The second-order valence-electron chi connectivity index (χ2n) is 4.67. The summed E-state index contributed by atoms with van der Waals surface area (Å²) in [6.07, 6.45) is 1.72. The number of hydrogen-bond donors (Lipinski definition) is 2. The first-order valence-corrected chi connectivity index (χ1v) is 6.29. The molecule has 0 saturated carbocycles. The van der Waals surface area contributed by atoms with Gasteiger partial charge in [0.1, 0.15) is 11.6 Å². The Morgan fingerprint density at radius 2 is 1.90 bits per heavy atom. The van der Waals surface area contributed by atoms with Gasteiger partial charge in [-0.1, -0.05) is 6.07 Å². The topological polar surface area (TPSA) is 40.7 Å². The molecule has 0 fully saturated rings. The molecular formula is C15H13F2N3. The molecule has 0 radical (unpaired) electrons. The Labute approximate surface area is 114 Å². The molecule has 20 heavy (non-hydrogen) atoms. The number of aromatic amines is 1. The molecule has 3 nitrogen and oxygen atoms in total. The highest BCUT2D eigenvalue weighted by Crippen LogP contribution is 2.25. The van der Waals surface area contributed by atoms with Crippen LogP contribution in [0.4, 0.5) is 14.5 Å². The Morgan fingerprint density at radius 3 is 2.65 bits per heavy atom. The average molecular weight is 273 g/mol. The first-order valence-electron chi connectivity index (χ1n) is 6.29. The van der Waals surface area contributed by atoms with Crippen LogP contribution in [0.1, 0.15) is 18.5 Å². The van der Waals surface area contributed by atoms with Crippen molar-refractivity contribution in [2.75, 3.05) is 5.32 Å². The van der Waals surface area contributed by atoms with Crippen LogP contribution in [0.15, 0.2) is 42.6 Å². The van der Waals surface area contributed by atoms with E-state index in [-0.39, 0.29) is 5.56 Å². The average Bonchev–Trinajstić information content (AvgIpc) is 2.85. The van der Waals surface area contributed by atoms with Gasteiger partial charge in [-0.15, -0.1) is 0 Å². The molecule has 3 rings (SSSR count). The van der Waals surface area contributed by atoms with Crippen LogP contribution in [0.5, 0.6) is 0 Å². The molecule has 0 saturated heterocycles. The number of rotatable bonds is 3. The molecule has 0 aliphatic carbocycles. The second-order valence-corrected chi connectivity index (χ2v) is 4.67. The Hall–Kier alpha value is -2.43. The molecule has 1 heterocycles. The number of nitrogens with one attached hydrogen (secondary N) is 2. The van der Waals surface area contributed by atoms with Crippen LogP contribution in [-0.2, 0) is 0 Å². The van der Waals surface area contributed by atoms with Gasteiger partial charge in [0, 0.05) is 16.6 Å². The van der Waals surface area contributed by atoms with Crippen LogP contribution >= 0.6 is 0 Å². The number of halogens is 2. The van der Waals surface area contributed by atoms with E-state index >= 15 is 0 Å². The number of benzene rings is 2. The van der Waals surface area contributed by atoms with Gasteiger partial charge in [-0.2, -0.15) is 5.10 Å². The molecule has 102 valence electrons. The molecule has 1 aromatic heterocycles. The number of fused-ring (bicyclic) bond motifs is 1. The minimum Gasteiger partial charge on any atom is -0.378 e. The number of hydrogen-bond acceptors (Lipinski definition) is 2. The van der Waals surface area contributed by atoms with Crippen molar-refractivity contribution < 1.29 is 8.78 Å². The number of H-pyrrole nitrogens is 1. The van der Waals surface area contributed by atoms with Crippen molar-refractivity contribution in [2.45, 2.75) is 13.0 Å². The normalized spacial score (nSPS) is 12.6. The summed E-state index contributed by atoms with van der Waals surface area (Å²) in [4.78, 5) is 0. The van der Waals surface area contributed by atoms with E-state index in [1.807, 2.05) is 18.2 Å². The summed E-state index contributed by atoms with van der Waals surface area (Å²) in [5.41, 5.74) is 1.69. The summed E-state index contributed by atoms with van der Waals surface area (Å²) in [5.74, 6) is -1.10. The van der Waals surface area contributed by atoms with E-state index in [2.05, 4.69) is 15.5 Å². The van der Waals surface area contributed by atoms with Gasteiger partial charge in [-0.3, -0.25) is 5.10 Å². The molecule has 1 atom stereocenters. The van der Waals surface area contributed by atoms with Gasteiger partial charge in [0.15, 0.2) is 0 Å². The molecule has 5 heteroatoms. The molecule has 3 aromatic rings. The summed E-state index contributed by atoms with van der Waals surface area (Å²) in [6, 6.07) is 9.01. The Balaban J connectivity index is 1.90. The first-order chi connectivity index (χ1) is 9.65. The van der Waals surface area contributed by atoms with Gasteiger partial charge in [0.25, 0.3) is 0 Å². The van der Waals surface area contributed by atoms with Gasteiger partial charge in [0.05, 0.1) is 17.8 Å². The smallest absolute Gasteiger partial charge is 0.131 e. The molecule has 1 unspecified atom stereocenters. The predicted molar refractivity (Wildman–Crippen MR) is 74.5 cm³/mol. The third-order valence-corrected chi connectivity index (χ3v) is 3.26. The monoisotopic (exact) mass is 273 g/mol. The fourth-order valence-corrected chi connectivity index (χ4v) is 2.27. The summed E-state index contributed by atoms with van der Waals surface area (Å²) in [7, 11) is 0. The van der Waals surface area contributed by atoms with Crippen molar-refractivity contribution in [3.8, 4) is 0 Å². The molecule has 0 aliphatic heterocycles. The van der Waals surface area contributed by atoms with E-state index < -0.39 is 17.7 Å². The predicted octanol–water partition coefficient (Wildman–Crippen LogP) is 4.01. The minimum atomic E-state index is -0.549. The van der Waals surface area contributed by atoms with E-state index in [4.69, 9.17) is 0 Å². The van der Waals surface area contributed by atoms with Crippen LogP contribution in [0.3, 0.4) is 0 Å². The largest absolute Gasteiger partial charge is 0.378 e. The highest BCUT2D eigenvalue weighted by Gasteiger charge is 2.15. The van der Waals surface area contributed by atoms with Crippen LogP contribution in [0, 0.1) is 11.6 Å². The van der Waals surface area contributed by atoms with Crippen molar-refractivity contribution in [1.82, 2.24) is 10.2 Å². The summed E-state index contributed by atoms with van der Waals surface area (Å²) >= 11 is 0. The van der Waals surface area contributed by atoms with E-state index in [1.165, 1.54) is 18.2 Å². The Morgan fingerprint density at radius 1 is 1.15 bits per heavy atom. The van der Waals surface area contributed by atoms with Crippen LogP contribution in [0.2, 0.25) is 0 Å². The second kappa shape index (κ2) is 4.92. The van der Waals surface area contributed by atoms with Gasteiger partial charge in [-0.05, 0) is 37.3 Å². The zero-order valence-corrected chi connectivity index (χ0v) is 10.8. The maximum absolute atomic E-state index is 13.7. The van der Waals surface area contributed by atoms with Crippen molar-refractivity contribution in [3.05, 3.63) is 59.8 Å².